The van der Waals surface area contributed by atoms with Crippen LogP contribution in [-0.2, 0) is 16.6 Å². The standard InChI is InChI=1S/C11H18N6O2S/c1-2-10(11-13-4-5-14-11)16-20(18,19)9-7-15-17(8-9)6-3-12/h4-5,7-8,10,16H,2-3,6,12H2,1H3,(H,13,14). The van der Waals surface area contributed by atoms with Crippen LogP contribution < -0.4 is 10.5 Å². The van der Waals surface area contributed by atoms with Crippen molar-refractivity contribution in [2.45, 2.75) is 30.8 Å². The Morgan fingerprint density at radius 2 is 2.35 bits per heavy atom. The van der Waals surface area contributed by atoms with E-state index in [9.17, 15) is 8.42 Å². The molecule has 2 aromatic rings. The minimum Gasteiger partial charge on any atom is -0.347 e. The van der Waals surface area contributed by atoms with Gasteiger partial charge < -0.3 is 10.7 Å². The van der Waals surface area contributed by atoms with Crippen molar-refractivity contribution in [1.82, 2.24) is 24.5 Å². The van der Waals surface area contributed by atoms with Crippen LogP contribution in [0.15, 0.2) is 29.7 Å². The van der Waals surface area contributed by atoms with E-state index in [1.807, 2.05) is 6.92 Å². The van der Waals surface area contributed by atoms with Crippen molar-refractivity contribution < 1.29 is 8.42 Å². The van der Waals surface area contributed by atoms with Crippen molar-refractivity contribution in [2.24, 2.45) is 5.73 Å². The van der Waals surface area contributed by atoms with Crippen molar-refractivity contribution >= 4 is 10.0 Å². The third-order valence-electron chi connectivity index (χ3n) is 2.83. The molecule has 0 bridgehead atoms. The zero-order chi connectivity index (χ0) is 14.6. The summed E-state index contributed by atoms with van der Waals surface area (Å²) < 4.78 is 28.7. The molecule has 0 aliphatic carbocycles. The smallest absolute Gasteiger partial charge is 0.244 e. The van der Waals surface area contributed by atoms with Crippen LogP contribution in [-0.4, -0.2) is 34.7 Å². The summed E-state index contributed by atoms with van der Waals surface area (Å²) in [5.41, 5.74) is 5.41. The van der Waals surface area contributed by atoms with Gasteiger partial charge in [0.25, 0.3) is 0 Å². The molecule has 0 saturated carbocycles. The molecule has 2 heterocycles. The quantitative estimate of drug-likeness (QED) is 0.664. The van der Waals surface area contributed by atoms with E-state index < -0.39 is 16.1 Å². The van der Waals surface area contributed by atoms with Gasteiger partial charge in [0, 0.05) is 25.1 Å². The number of hydrogen-bond acceptors (Lipinski definition) is 5. The fourth-order valence-electron chi connectivity index (χ4n) is 1.79. The Labute approximate surface area is 117 Å². The van der Waals surface area contributed by atoms with Gasteiger partial charge in [0.05, 0.1) is 18.8 Å². The molecule has 1 unspecified atom stereocenters. The zero-order valence-electron chi connectivity index (χ0n) is 11.2. The summed E-state index contributed by atoms with van der Waals surface area (Å²) in [6.45, 7) is 2.76. The second-order valence-electron chi connectivity index (χ2n) is 4.28. The third-order valence-corrected chi connectivity index (χ3v) is 4.26. The fraction of sp³-hybridized carbons (Fsp3) is 0.455. The highest BCUT2D eigenvalue weighted by Gasteiger charge is 2.23. The molecule has 0 aliphatic heterocycles. The van der Waals surface area contributed by atoms with E-state index >= 15 is 0 Å². The van der Waals surface area contributed by atoms with Gasteiger partial charge in [-0.25, -0.2) is 18.1 Å². The molecule has 0 aromatic carbocycles. The summed E-state index contributed by atoms with van der Waals surface area (Å²) in [4.78, 5) is 7.11. The first-order chi connectivity index (χ1) is 9.56. The molecule has 9 heteroatoms. The fourth-order valence-corrected chi connectivity index (χ4v) is 3.03. The van der Waals surface area contributed by atoms with E-state index in [1.54, 1.807) is 12.4 Å². The van der Waals surface area contributed by atoms with Crippen LogP contribution >= 0.6 is 0 Å². The van der Waals surface area contributed by atoms with Crippen LogP contribution in [0.25, 0.3) is 0 Å². The highest BCUT2D eigenvalue weighted by molar-refractivity contribution is 7.89. The predicted molar refractivity (Wildman–Crippen MR) is 73.2 cm³/mol. The maximum absolute atomic E-state index is 12.3. The average Bonchev–Trinajstić information content (AvgIpc) is 3.07. The number of H-pyrrole nitrogens is 1. The Morgan fingerprint density at radius 3 is 2.95 bits per heavy atom. The van der Waals surface area contributed by atoms with Gasteiger partial charge in [0.2, 0.25) is 10.0 Å². The summed E-state index contributed by atoms with van der Waals surface area (Å²) in [5.74, 6) is 0.588. The molecule has 2 aromatic heterocycles. The minimum absolute atomic E-state index is 0.121. The lowest BCUT2D eigenvalue weighted by atomic mass is 10.2. The van der Waals surface area contributed by atoms with E-state index in [0.717, 1.165) is 0 Å². The number of rotatable bonds is 7. The van der Waals surface area contributed by atoms with Crippen molar-refractivity contribution in [2.75, 3.05) is 6.54 Å². The van der Waals surface area contributed by atoms with Crippen LogP contribution in [0, 0.1) is 0 Å². The van der Waals surface area contributed by atoms with Crippen LogP contribution in [0.4, 0.5) is 0 Å². The van der Waals surface area contributed by atoms with E-state index in [1.165, 1.54) is 17.1 Å². The molecule has 0 amide bonds. The maximum Gasteiger partial charge on any atom is 0.244 e. The molecule has 8 nitrogen and oxygen atoms in total. The Hall–Kier alpha value is -1.71. The molecule has 0 spiro atoms. The van der Waals surface area contributed by atoms with Gasteiger partial charge >= 0.3 is 0 Å². The van der Waals surface area contributed by atoms with Crippen LogP contribution in [0.3, 0.4) is 0 Å². The van der Waals surface area contributed by atoms with Gasteiger partial charge in [-0.15, -0.1) is 0 Å². The highest BCUT2D eigenvalue weighted by Crippen LogP contribution is 2.16. The lowest BCUT2D eigenvalue weighted by molar-refractivity contribution is 0.539. The number of nitrogens with zero attached hydrogens (tertiary/aromatic N) is 3. The number of imidazole rings is 1. The number of nitrogens with one attached hydrogen (secondary N) is 2. The molecule has 20 heavy (non-hydrogen) atoms. The van der Waals surface area contributed by atoms with E-state index in [0.29, 0.717) is 25.3 Å². The number of hydrogen-bond donors (Lipinski definition) is 3. The van der Waals surface area contributed by atoms with Crippen LogP contribution in [0.1, 0.15) is 25.2 Å². The second kappa shape index (κ2) is 6.16. The van der Waals surface area contributed by atoms with E-state index in [2.05, 4.69) is 19.8 Å². The van der Waals surface area contributed by atoms with Gasteiger partial charge in [-0.1, -0.05) is 6.92 Å². The highest BCUT2D eigenvalue weighted by atomic mass is 32.2. The molecular weight excluding hydrogens is 280 g/mol. The van der Waals surface area contributed by atoms with Crippen molar-refractivity contribution in [3.63, 3.8) is 0 Å². The first kappa shape index (κ1) is 14.7. The molecule has 1 atom stereocenters. The Balaban J connectivity index is 2.17. The normalized spacial score (nSPS) is 13.5. The summed E-state index contributed by atoms with van der Waals surface area (Å²) in [6, 6.07) is -0.396. The Bertz CT molecular complexity index is 634. The van der Waals surface area contributed by atoms with Crippen LogP contribution in [0.2, 0.25) is 0 Å². The lowest BCUT2D eigenvalue weighted by Crippen LogP contribution is -2.28. The third kappa shape index (κ3) is 3.24. The molecule has 0 radical (unpaired) electrons. The van der Waals surface area contributed by atoms with Crippen molar-refractivity contribution in [3.8, 4) is 0 Å². The average molecular weight is 298 g/mol. The molecule has 0 saturated heterocycles. The van der Waals surface area contributed by atoms with Crippen LogP contribution in [0.5, 0.6) is 0 Å². The van der Waals surface area contributed by atoms with E-state index in [4.69, 9.17) is 5.73 Å². The number of nitrogens with two attached hydrogens (primary N) is 1. The van der Waals surface area contributed by atoms with Gasteiger partial charge in [-0.05, 0) is 6.42 Å². The first-order valence-electron chi connectivity index (χ1n) is 6.31. The van der Waals surface area contributed by atoms with E-state index in [-0.39, 0.29) is 4.90 Å². The monoisotopic (exact) mass is 298 g/mol. The number of aromatic amines is 1. The molecule has 0 aliphatic rings. The summed E-state index contributed by atoms with van der Waals surface area (Å²) in [7, 11) is -3.63. The maximum atomic E-state index is 12.3. The number of sulfonamides is 1. The molecular formula is C11H18N6O2S. The topological polar surface area (TPSA) is 119 Å². The van der Waals surface area contributed by atoms with Gasteiger partial charge in [0.15, 0.2) is 0 Å². The van der Waals surface area contributed by atoms with Crippen molar-refractivity contribution in [3.05, 3.63) is 30.6 Å². The largest absolute Gasteiger partial charge is 0.347 e. The molecule has 110 valence electrons. The molecule has 4 N–H and O–H groups in total. The lowest BCUT2D eigenvalue weighted by Gasteiger charge is -2.13. The molecule has 2 rings (SSSR count). The zero-order valence-corrected chi connectivity index (χ0v) is 12.0. The first-order valence-corrected chi connectivity index (χ1v) is 7.79. The summed E-state index contributed by atoms with van der Waals surface area (Å²) >= 11 is 0. The minimum atomic E-state index is -3.63. The van der Waals surface area contributed by atoms with Crippen molar-refractivity contribution in [1.29, 1.82) is 0 Å². The predicted octanol–water partition coefficient (Wildman–Crippen LogP) is -0.00550. The van der Waals surface area contributed by atoms with Gasteiger partial charge in [-0.2, -0.15) is 5.10 Å². The van der Waals surface area contributed by atoms with Gasteiger partial charge in [-0.3, -0.25) is 4.68 Å². The summed E-state index contributed by atoms with van der Waals surface area (Å²) in [5, 5.41) is 3.96. The SMILES string of the molecule is CCC(NS(=O)(=O)c1cnn(CCN)c1)c1ncc[nH]1. The molecule has 0 fully saturated rings. The number of aromatic nitrogens is 4. The Morgan fingerprint density at radius 1 is 1.55 bits per heavy atom. The Kier molecular flexibility index (Phi) is 4.53. The van der Waals surface area contributed by atoms with Gasteiger partial charge in [0.1, 0.15) is 10.7 Å². The second-order valence-corrected chi connectivity index (χ2v) is 6.00. The summed E-state index contributed by atoms with van der Waals surface area (Å²) in [6.07, 6.45) is 6.61.